The van der Waals surface area contributed by atoms with E-state index in [9.17, 15) is 0 Å². The first-order valence-electron chi connectivity index (χ1n) is 5.52. The maximum absolute atomic E-state index is 5.81. The van der Waals surface area contributed by atoms with Crippen molar-refractivity contribution >= 4 is 21.6 Å². The van der Waals surface area contributed by atoms with Crippen LogP contribution in [0.3, 0.4) is 0 Å². The molecule has 0 bridgehead atoms. The smallest absolute Gasteiger partial charge is 0.182 e. The average molecular weight is 312 g/mol. The zero-order valence-electron chi connectivity index (χ0n) is 10.0. The SMILES string of the molecule is COCCCn1nnnc1-c1cc(N)cc(Br)c1. The van der Waals surface area contributed by atoms with E-state index in [0.717, 1.165) is 16.5 Å². The lowest BCUT2D eigenvalue weighted by Crippen LogP contribution is -2.05. The van der Waals surface area contributed by atoms with Gasteiger partial charge in [0.15, 0.2) is 5.82 Å². The number of halogens is 1. The lowest BCUT2D eigenvalue weighted by Gasteiger charge is -2.05. The van der Waals surface area contributed by atoms with E-state index in [4.69, 9.17) is 10.5 Å². The van der Waals surface area contributed by atoms with Crippen molar-refractivity contribution in [3.63, 3.8) is 0 Å². The van der Waals surface area contributed by atoms with Crippen LogP contribution in [0.25, 0.3) is 11.4 Å². The molecular weight excluding hydrogens is 298 g/mol. The van der Waals surface area contributed by atoms with Crippen molar-refractivity contribution in [2.24, 2.45) is 0 Å². The number of benzene rings is 1. The lowest BCUT2D eigenvalue weighted by atomic mass is 10.2. The Kier molecular flexibility index (Phi) is 4.27. The number of hydrogen-bond donors (Lipinski definition) is 1. The molecule has 0 saturated carbocycles. The molecule has 1 heterocycles. The summed E-state index contributed by atoms with van der Waals surface area (Å²) in [5.41, 5.74) is 7.37. The van der Waals surface area contributed by atoms with E-state index < -0.39 is 0 Å². The van der Waals surface area contributed by atoms with Gasteiger partial charge in [-0.3, -0.25) is 0 Å². The van der Waals surface area contributed by atoms with Crippen molar-refractivity contribution in [2.75, 3.05) is 19.5 Å². The van der Waals surface area contributed by atoms with Crippen LogP contribution in [0.4, 0.5) is 5.69 Å². The van der Waals surface area contributed by atoms with Crippen LogP contribution in [0.2, 0.25) is 0 Å². The number of hydrogen-bond acceptors (Lipinski definition) is 5. The molecule has 0 radical (unpaired) electrons. The highest BCUT2D eigenvalue weighted by Crippen LogP contribution is 2.24. The molecule has 0 saturated heterocycles. The van der Waals surface area contributed by atoms with Gasteiger partial charge in [0.2, 0.25) is 0 Å². The van der Waals surface area contributed by atoms with Gasteiger partial charge >= 0.3 is 0 Å². The largest absolute Gasteiger partial charge is 0.399 e. The summed E-state index contributed by atoms with van der Waals surface area (Å²) in [6.07, 6.45) is 0.859. The molecule has 96 valence electrons. The third-order valence-electron chi connectivity index (χ3n) is 2.43. The van der Waals surface area contributed by atoms with E-state index in [1.807, 2.05) is 18.2 Å². The molecule has 0 atom stereocenters. The second kappa shape index (κ2) is 5.92. The minimum absolute atomic E-state index is 0.672. The number of nitrogens with two attached hydrogens (primary N) is 1. The highest BCUT2D eigenvalue weighted by atomic mass is 79.9. The molecule has 1 aromatic heterocycles. The first kappa shape index (κ1) is 13.0. The van der Waals surface area contributed by atoms with Crippen molar-refractivity contribution < 1.29 is 4.74 Å². The van der Waals surface area contributed by atoms with Crippen LogP contribution in [0, 0.1) is 0 Å². The number of nitrogen functional groups attached to an aromatic ring is 1. The standard InChI is InChI=1S/C11H14BrN5O/c1-18-4-2-3-17-11(14-15-16-17)8-5-9(12)7-10(13)6-8/h5-7H,2-4,13H2,1H3. The first-order chi connectivity index (χ1) is 8.70. The molecule has 2 N–H and O–H groups in total. The summed E-state index contributed by atoms with van der Waals surface area (Å²) in [7, 11) is 1.68. The van der Waals surface area contributed by atoms with Crippen LogP contribution in [0.5, 0.6) is 0 Å². The van der Waals surface area contributed by atoms with E-state index in [2.05, 4.69) is 31.5 Å². The number of nitrogens with zero attached hydrogens (tertiary/aromatic N) is 4. The third kappa shape index (κ3) is 3.05. The van der Waals surface area contributed by atoms with Crippen LogP contribution in [0.1, 0.15) is 6.42 Å². The lowest BCUT2D eigenvalue weighted by molar-refractivity contribution is 0.189. The van der Waals surface area contributed by atoms with Crippen LogP contribution in [-0.2, 0) is 11.3 Å². The van der Waals surface area contributed by atoms with Gasteiger partial charge in [-0.1, -0.05) is 15.9 Å². The Morgan fingerprint density at radius 3 is 2.94 bits per heavy atom. The number of rotatable bonds is 5. The van der Waals surface area contributed by atoms with E-state index >= 15 is 0 Å². The highest BCUT2D eigenvalue weighted by molar-refractivity contribution is 9.10. The van der Waals surface area contributed by atoms with Gasteiger partial charge in [0.25, 0.3) is 0 Å². The third-order valence-corrected chi connectivity index (χ3v) is 2.89. The van der Waals surface area contributed by atoms with E-state index in [0.29, 0.717) is 24.7 Å². The number of aryl methyl sites for hydroxylation is 1. The van der Waals surface area contributed by atoms with E-state index in [-0.39, 0.29) is 0 Å². The topological polar surface area (TPSA) is 78.8 Å². The van der Waals surface area contributed by atoms with Crippen molar-refractivity contribution in [3.05, 3.63) is 22.7 Å². The predicted molar refractivity (Wildman–Crippen MR) is 71.9 cm³/mol. The minimum Gasteiger partial charge on any atom is -0.399 e. The summed E-state index contributed by atoms with van der Waals surface area (Å²) < 4.78 is 7.67. The van der Waals surface area contributed by atoms with E-state index in [1.165, 1.54) is 0 Å². The number of anilines is 1. The maximum atomic E-state index is 5.81. The molecule has 7 heteroatoms. The summed E-state index contributed by atoms with van der Waals surface area (Å²) in [5, 5.41) is 11.7. The number of tetrazole rings is 1. The van der Waals surface area contributed by atoms with Crippen LogP contribution < -0.4 is 5.73 Å². The predicted octanol–water partition coefficient (Wildman–Crippen LogP) is 1.72. The fourth-order valence-corrected chi connectivity index (χ4v) is 2.17. The maximum Gasteiger partial charge on any atom is 0.182 e. The normalized spacial score (nSPS) is 10.8. The van der Waals surface area contributed by atoms with Gasteiger partial charge in [-0.25, -0.2) is 4.68 Å². The first-order valence-corrected chi connectivity index (χ1v) is 6.31. The monoisotopic (exact) mass is 311 g/mol. The molecular formula is C11H14BrN5O. The van der Waals surface area contributed by atoms with Gasteiger partial charge in [0, 0.05) is 36.0 Å². The molecule has 2 aromatic rings. The molecule has 0 amide bonds. The quantitative estimate of drug-likeness (QED) is 0.672. The zero-order chi connectivity index (χ0) is 13.0. The summed E-state index contributed by atoms with van der Waals surface area (Å²) in [5.74, 6) is 0.708. The van der Waals surface area contributed by atoms with Gasteiger partial charge in [-0.2, -0.15) is 0 Å². The van der Waals surface area contributed by atoms with Crippen LogP contribution in [0.15, 0.2) is 22.7 Å². The molecule has 0 fully saturated rings. The number of methoxy groups -OCH3 is 1. The molecule has 0 spiro atoms. The Labute approximate surface area is 113 Å². The zero-order valence-corrected chi connectivity index (χ0v) is 11.6. The Morgan fingerprint density at radius 2 is 2.22 bits per heavy atom. The molecule has 6 nitrogen and oxygen atoms in total. The fraction of sp³-hybridized carbons (Fsp3) is 0.364. The highest BCUT2D eigenvalue weighted by Gasteiger charge is 2.09. The van der Waals surface area contributed by atoms with Gasteiger partial charge in [-0.05, 0) is 35.0 Å². The van der Waals surface area contributed by atoms with Crippen LogP contribution >= 0.6 is 15.9 Å². The Morgan fingerprint density at radius 1 is 1.39 bits per heavy atom. The Balaban J connectivity index is 2.24. The molecule has 0 unspecified atom stereocenters. The molecule has 2 rings (SSSR count). The molecule has 18 heavy (non-hydrogen) atoms. The average Bonchev–Trinajstić information content (AvgIpc) is 2.76. The van der Waals surface area contributed by atoms with Crippen LogP contribution in [-0.4, -0.2) is 33.9 Å². The van der Waals surface area contributed by atoms with Gasteiger partial charge in [-0.15, -0.1) is 5.10 Å². The Hall–Kier alpha value is -1.47. The fourth-order valence-electron chi connectivity index (χ4n) is 1.66. The summed E-state index contributed by atoms with van der Waals surface area (Å²) in [6.45, 7) is 1.39. The van der Waals surface area contributed by atoms with Crippen molar-refractivity contribution in [1.29, 1.82) is 0 Å². The summed E-state index contributed by atoms with van der Waals surface area (Å²) >= 11 is 3.41. The summed E-state index contributed by atoms with van der Waals surface area (Å²) in [6, 6.07) is 5.63. The Bertz CT molecular complexity index is 508. The van der Waals surface area contributed by atoms with Gasteiger partial charge in [0.1, 0.15) is 0 Å². The molecule has 0 aliphatic rings. The van der Waals surface area contributed by atoms with Crippen molar-refractivity contribution in [2.45, 2.75) is 13.0 Å². The molecule has 1 aromatic carbocycles. The number of ether oxygens (including phenoxy) is 1. The second-order valence-corrected chi connectivity index (χ2v) is 4.76. The van der Waals surface area contributed by atoms with Gasteiger partial charge < -0.3 is 10.5 Å². The van der Waals surface area contributed by atoms with E-state index in [1.54, 1.807) is 11.8 Å². The molecule has 0 aliphatic carbocycles. The minimum atomic E-state index is 0.672. The number of aromatic nitrogens is 4. The van der Waals surface area contributed by atoms with Crippen molar-refractivity contribution in [3.8, 4) is 11.4 Å². The second-order valence-electron chi connectivity index (χ2n) is 3.85. The summed E-state index contributed by atoms with van der Waals surface area (Å²) in [4.78, 5) is 0. The van der Waals surface area contributed by atoms with Crippen molar-refractivity contribution in [1.82, 2.24) is 20.2 Å². The molecule has 0 aliphatic heterocycles. The van der Waals surface area contributed by atoms with Gasteiger partial charge in [0.05, 0.1) is 0 Å².